The molecule has 1 fully saturated rings. The molecule has 18 heavy (non-hydrogen) atoms. The van der Waals surface area contributed by atoms with Gasteiger partial charge in [0.05, 0.1) is 11.2 Å². The number of hydrogen-bond donors (Lipinski definition) is 1. The molecule has 2 nitrogen and oxygen atoms in total. The Bertz CT molecular complexity index is 582. The molecule has 2 aromatic rings. The van der Waals surface area contributed by atoms with Crippen LogP contribution >= 0.6 is 11.3 Å². The van der Waals surface area contributed by atoms with E-state index in [2.05, 4.69) is 37.4 Å². The lowest BCUT2D eigenvalue weighted by molar-refractivity contribution is 0.253. The lowest BCUT2D eigenvalue weighted by Gasteiger charge is -2.35. The summed E-state index contributed by atoms with van der Waals surface area (Å²) >= 11 is 1.71. The summed E-state index contributed by atoms with van der Waals surface area (Å²) in [6.45, 7) is 4.25. The van der Waals surface area contributed by atoms with Gasteiger partial charge in [-0.3, -0.25) is 0 Å². The average molecular weight is 258 g/mol. The molecule has 1 saturated carbocycles. The van der Waals surface area contributed by atoms with E-state index in [9.17, 15) is 0 Å². The molecule has 0 spiro atoms. The molecule has 2 N–H and O–H groups in total. The zero-order valence-corrected chi connectivity index (χ0v) is 11.7. The van der Waals surface area contributed by atoms with Crippen LogP contribution in [0.2, 0.25) is 0 Å². The van der Waals surface area contributed by atoms with Crippen molar-refractivity contribution in [2.75, 3.05) is 0 Å². The summed E-state index contributed by atoms with van der Waals surface area (Å²) in [5.41, 5.74) is 11.1. The van der Waals surface area contributed by atoms with Crippen LogP contribution in [0.1, 0.15) is 35.4 Å². The molecule has 0 atom stereocenters. The number of nitrogens with zero attached hydrogens (tertiary/aromatic N) is 1. The smallest absolute Gasteiger partial charge is 0.113 e. The van der Waals surface area contributed by atoms with Crippen molar-refractivity contribution in [3.63, 3.8) is 0 Å². The van der Waals surface area contributed by atoms with Crippen molar-refractivity contribution < 1.29 is 0 Å². The molecule has 0 unspecified atom stereocenters. The van der Waals surface area contributed by atoms with E-state index in [1.54, 1.807) is 11.3 Å². The fourth-order valence-electron chi connectivity index (χ4n) is 2.41. The molecule has 0 bridgehead atoms. The summed E-state index contributed by atoms with van der Waals surface area (Å²) in [6.07, 6.45) is 3.38. The lowest BCUT2D eigenvalue weighted by atomic mass is 9.78. The van der Waals surface area contributed by atoms with Gasteiger partial charge in [0.1, 0.15) is 5.01 Å². The van der Waals surface area contributed by atoms with E-state index in [-0.39, 0.29) is 5.54 Å². The molecule has 1 aliphatic rings. The van der Waals surface area contributed by atoms with Gasteiger partial charge in [-0.25, -0.2) is 4.98 Å². The second kappa shape index (κ2) is 4.18. The van der Waals surface area contributed by atoms with Gasteiger partial charge in [-0.05, 0) is 44.7 Å². The first-order chi connectivity index (χ1) is 8.58. The summed E-state index contributed by atoms with van der Waals surface area (Å²) in [5.74, 6) is 0. The van der Waals surface area contributed by atoms with Gasteiger partial charge >= 0.3 is 0 Å². The first kappa shape index (κ1) is 11.9. The number of rotatable bonds is 2. The third-order valence-electron chi connectivity index (χ3n) is 3.84. The Balaban J connectivity index is 2.00. The van der Waals surface area contributed by atoms with Gasteiger partial charge in [0.15, 0.2) is 0 Å². The third kappa shape index (κ3) is 1.88. The maximum Gasteiger partial charge on any atom is 0.113 e. The van der Waals surface area contributed by atoms with Crippen LogP contribution in [0, 0.1) is 13.8 Å². The number of aromatic nitrogens is 1. The van der Waals surface area contributed by atoms with E-state index in [4.69, 9.17) is 10.7 Å². The minimum absolute atomic E-state index is 0.138. The van der Waals surface area contributed by atoms with Gasteiger partial charge in [0, 0.05) is 10.9 Å². The number of benzene rings is 1. The van der Waals surface area contributed by atoms with E-state index >= 15 is 0 Å². The van der Waals surface area contributed by atoms with Crippen molar-refractivity contribution in [3.05, 3.63) is 39.7 Å². The number of nitrogens with two attached hydrogens (primary N) is 1. The summed E-state index contributed by atoms with van der Waals surface area (Å²) in [6, 6.07) is 6.51. The fourth-order valence-corrected chi connectivity index (χ4v) is 3.40. The highest BCUT2D eigenvalue weighted by Crippen LogP contribution is 2.41. The van der Waals surface area contributed by atoms with E-state index in [0.717, 1.165) is 23.5 Å². The molecule has 0 saturated heterocycles. The summed E-state index contributed by atoms with van der Waals surface area (Å²) in [5, 5.41) is 3.24. The number of hydrogen-bond acceptors (Lipinski definition) is 3. The molecule has 1 aromatic carbocycles. The molecule has 3 heteroatoms. The van der Waals surface area contributed by atoms with Crippen LogP contribution < -0.4 is 5.73 Å². The van der Waals surface area contributed by atoms with E-state index < -0.39 is 0 Å². The minimum Gasteiger partial charge on any atom is -0.319 e. The molecule has 0 radical (unpaired) electrons. The van der Waals surface area contributed by atoms with Gasteiger partial charge in [-0.1, -0.05) is 17.7 Å². The Hall–Kier alpha value is -1.19. The van der Waals surface area contributed by atoms with Gasteiger partial charge in [-0.15, -0.1) is 11.3 Å². The van der Waals surface area contributed by atoms with E-state index in [0.29, 0.717) is 0 Å². The van der Waals surface area contributed by atoms with Crippen LogP contribution in [-0.2, 0) is 5.54 Å². The zero-order valence-electron chi connectivity index (χ0n) is 10.9. The van der Waals surface area contributed by atoms with Crippen LogP contribution in [0.25, 0.3) is 11.3 Å². The molecule has 0 amide bonds. The Morgan fingerprint density at radius 1 is 1.28 bits per heavy atom. The molecule has 0 aliphatic heterocycles. The normalized spacial score (nSPS) is 17.5. The summed E-state index contributed by atoms with van der Waals surface area (Å²) in [7, 11) is 0. The second-order valence-corrected chi connectivity index (χ2v) is 6.22. The zero-order chi connectivity index (χ0) is 12.8. The Morgan fingerprint density at radius 2 is 2.06 bits per heavy atom. The van der Waals surface area contributed by atoms with Crippen molar-refractivity contribution in [2.24, 2.45) is 5.73 Å². The van der Waals surface area contributed by atoms with Crippen molar-refractivity contribution in [2.45, 2.75) is 38.6 Å². The second-order valence-electron chi connectivity index (χ2n) is 5.37. The van der Waals surface area contributed by atoms with E-state index in [1.807, 2.05) is 0 Å². The van der Waals surface area contributed by atoms with Gasteiger partial charge in [-0.2, -0.15) is 0 Å². The molecule has 3 rings (SSSR count). The maximum atomic E-state index is 6.33. The van der Waals surface area contributed by atoms with Crippen LogP contribution in [-0.4, -0.2) is 4.98 Å². The topological polar surface area (TPSA) is 38.9 Å². The van der Waals surface area contributed by atoms with Crippen molar-refractivity contribution in [3.8, 4) is 11.3 Å². The van der Waals surface area contributed by atoms with E-state index in [1.165, 1.54) is 23.1 Å². The predicted octanol–water partition coefficient (Wildman–Crippen LogP) is 3.76. The number of aryl methyl sites for hydroxylation is 2. The van der Waals surface area contributed by atoms with Crippen molar-refractivity contribution in [1.29, 1.82) is 0 Å². The highest BCUT2D eigenvalue weighted by atomic mass is 32.1. The van der Waals surface area contributed by atoms with Crippen LogP contribution in [0.3, 0.4) is 0 Å². The van der Waals surface area contributed by atoms with Crippen LogP contribution in [0.5, 0.6) is 0 Å². The average Bonchev–Trinajstić information content (AvgIpc) is 2.79. The predicted molar refractivity (Wildman–Crippen MR) is 76.7 cm³/mol. The SMILES string of the molecule is Cc1ccc(C)c(-c2csc(C3(N)CCC3)n2)c1. The monoisotopic (exact) mass is 258 g/mol. The maximum absolute atomic E-state index is 6.33. The molecule has 1 heterocycles. The lowest BCUT2D eigenvalue weighted by Crippen LogP contribution is -2.43. The van der Waals surface area contributed by atoms with Gasteiger partial charge in [0.2, 0.25) is 0 Å². The van der Waals surface area contributed by atoms with Gasteiger partial charge in [0.25, 0.3) is 0 Å². The van der Waals surface area contributed by atoms with Crippen molar-refractivity contribution in [1.82, 2.24) is 4.98 Å². The molecule has 1 aromatic heterocycles. The Labute approximate surface area is 112 Å². The Kier molecular flexibility index (Phi) is 2.76. The Morgan fingerprint density at radius 3 is 2.72 bits per heavy atom. The third-order valence-corrected chi connectivity index (χ3v) is 4.91. The largest absolute Gasteiger partial charge is 0.319 e. The molecular formula is C15H18N2S. The summed E-state index contributed by atoms with van der Waals surface area (Å²) < 4.78 is 0. The van der Waals surface area contributed by atoms with Crippen LogP contribution in [0.4, 0.5) is 0 Å². The van der Waals surface area contributed by atoms with Crippen molar-refractivity contribution >= 4 is 11.3 Å². The quantitative estimate of drug-likeness (QED) is 0.890. The highest BCUT2D eigenvalue weighted by Gasteiger charge is 2.37. The summed E-state index contributed by atoms with van der Waals surface area (Å²) in [4.78, 5) is 4.77. The molecule has 94 valence electrons. The fraction of sp³-hybridized carbons (Fsp3) is 0.400. The minimum atomic E-state index is -0.138. The standard InChI is InChI=1S/C15H18N2S/c1-10-4-5-11(2)12(8-10)13-9-18-14(17-13)15(16)6-3-7-15/h4-5,8-9H,3,6-7,16H2,1-2H3. The van der Waals surface area contributed by atoms with Gasteiger partial charge < -0.3 is 5.73 Å². The molecule has 1 aliphatic carbocycles. The van der Waals surface area contributed by atoms with Crippen LogP contribution in [0.15, 0.2) is 23.6 Å². The number of thiazole rings is 1. The molecular weight excluding hydrogens is 240 g/mol. The first-order valence-corrected chi connectivity index (χ1v) is 7.29. The highest BCUT2D eigenvalue weighted by molar-refractivity contribution is 7.10. The first-order valence-electron chi connectivity index (χ1n) is 6.41.